The minimum Gasteiger partial charge on any atom is -0.326 e. The quantitative estimate of drug-likeness (QED) is 0.804. The zero-order chi connectivity index (χ0) is 16.3. The molecule has 2 fully saturated rings. The highest BCUT2D eigenvalue weighted by Crippen LogP contribution is 2.72. The molecule has 2 bridgehead atoms. The van der Waals surface area contributed by atoms with Gasteiger partial charge in [0, 0.05) is 11.1 Å². The number of halogens is 1. The van der Waals surface area contributed by atoms with Crippen molar-refractivity contribution < 1.29 is 9.59 Å². The van der Waals surface area contributed by atoms with Crippen LogP contribution >= 0.6 is 15.9 Å². The van der Waals surface area contributed by atoms with Gasteiger partial charge in [-0.15, -0.1) is 0 Å². The first-order valence-electron chi connectivity index (χ1n) is 7.73. The average Bonchev–Trinajstić information content (AvgIpc) is 2.74. The maximum atomic E-state index is 13.1. The number of ketones is 1. The highest BCUT2D eigenvalue weighted by molar-refractivity contribution is 9.10. The van der Waals surface area contributed by atoms with E-state index in [9.17, 15) is 9.59 Å². The van der Waals surface area contributed by atoms with Crippen LogP contribution in [0.2, 0.25) is 0 Å². The largest absolute Gasteiger partial charge is 0.326 e. The molecule has 3 atom stereocenters. The van der Waals surface area contributed by atoms with E-state index in [4.69, 9.17) is 0 Å². The predicted molar refractivity (Wildman–Crippen MR) is 91.1 cm³/mol. The topological polar surface area (TPSA) is 46.2 Å². The number of fused-ring (bicyclic) bond motifs is 2. The van der Waals surface area contributed by atoms with Crippen molar-refractivity contribution in [1.29, 1.82) is 0 Å². The minimum absolute atomic E-state index is 0.0437. The van der Waals surface area contributed by atoms with E-state index in [1.165, 1.54) is 0 Å². The molecule has 3 rings (SSSR count). The van der Waals surface area contributed by atoms with Gasteiger partial charge in [0.15, 0.2) is 5.78 Å². The van der Waals surface area contributed by atoms with Crippen molar-refractivity contribution in [1.82, 2.24) is 0 Å². The summed E-state index contributed by atoms with van der Waals surface area (Å²) in [5.41, 5.74) is 0.475. The molecule has 4 heteroatoms. The Balaban J connectivity index is 1.97. The fraction of sp³-hybridized carbons (Fsp3) is 0.556. The van der Waals surface area contributed by atoms with Gasteiger partial charge in [-0.1, -0.05) is 54.4 Å². The highest BCUT2D eigenvalue weighted by Gasteiger charge is 2.76. The molecule has 1 amide bonds. The number of carbonyl (C=O) groups excluding carboxylic acids is 2. The van der Waals surface area contributed by atoms with Crippen LogP contribution in [0.1, 0.15) is 39.2 Å². The first-order chi connectivity index (χ1) is 10.2. The van der Waals surface area contributed by atoms with E-state index in [-0.39, 0.29) is 17.1 Å². The van der Waals surface area contributed by atoms with Gasteiger partial charge in [-0.05, 0) is 37.3 Å². The van der Waals surface area contributed by atoms with E-state index in [0.29, 0.717) is 0 Å². The number of carbonyl (C=O) groups is 2. The van der Waals surface area contributed by atoms with Crippen LogP contribution in [-0.4, -0.2) is 16.5 Å². The Labute approximate surface area is 140 Å². The molecule has 1 aromatic carbocycles. The lowest BCUT2D eigenvalue weighted by atomic mass is 9.64. The number of rotatable bonds is 2. The number of hydrogen-bond donors (Lipinski definition) is 1. The molecule has 0 heterocycles. The molecular weight excluding hydrogens is 342 g/mol. The second-order valence-electron chi connectivity index (χ2n) is 7.48. The van der Waals surface area contributed by atoms with Crippen molar-refractivity contribution in [2.75, 3.05) is 5.32 Å². The zero-order valence-electron chi connectivity index (χ0n) is 13.5. The molecule has 0 radical (unpaired) electrons. The standard InChI is InChI=1S/C18H22BrNO2/c1-11-5-7-12(8-6-11)20-15(22)18-10-9-17(4,16(18,2)3)14(21)13(18)19/h5-8,13H,9-10H2,1-4H3,(H,20,22)/t13-,17+,18+/m1/s1. The van der Waals surface area contributed by atoms with Gasteiger partial charge >= 0.3 is 0 Å². The molecular formula is C18H22BrNO2. The summed E-state index contributed by atoms with van der Waals surface area (Å²) >= 11 is 3.54. The maximum Gasteiger partial charge on any atom is 0.232 e. The Morgan fingerprint density at radius 3 is 2.27 bits per heavy atom. The Morgan fingerprint density at radius 1 is 1.18 bits per heavy atom. The van der Waals surface area contributed by atoms with Crippen LogP contribution in [0.25, 0.3) is 0 Å². The molecule has 0 saturated heterocycles. The lowest BCUT2D eigenvalue weighted by molar-refractivity contribution is -0.130. The van der Waals surface area contributed by atoms with Crippen molar-refractivity contribution in [3.05, 3.63) is 29.8 Å². The normalized spacial score (nSPS) is 35.7. The van der Waals surface area contributed by atoms with Crippen LogP contribution in [0.15, 0.2) is 24.3 Å². The van der Waals surface area contributed by atoms with E-state index in [1.807, 2.05) is 38.1 Å². The molecule has 22 heavy (non-hydrogen) atoms. The van der Waals surface area contributed by atoms with Crippen LogP contribution in [0.4, 0.5) is 5.69 Å². The second-order valence-corrected chi connectivity index (χ2v) is 8.39. The van der Waals surface area contributed by atoms with Gasteiger partial charge < -0.3 is 5.32 Å². The molecule has 2 aliphatic carbocycles. The summed E-state index contributed by atoms with van der Waals surface area (Å²) in [6.45, 7) is 8.15. The number of nitrogens with one attached hydrogen (secondary N) is 1. The van der Waals surface area contributed by atoms with Crippen LogP contribution < -0.4 is 5.32 Å². The third kappa shape index (κ3) is 1.67. The lowest BCUT2D eigenvalue weighted by Gasteiger charge is -2.39. The van der Waals surface area contributed by atoms with Crippen molar-refractivity contribution in [3.63, 3.8) is 0 Å². The Hall–Kier alpha value is -1.16. The van der Waals surface area contributed by atoms with Gasteiger partial charge in [-0.25, -0.2) is 0 Å². The third-order valence-corrected chi connectivity index (χ3v) is 7.63. The van der Waals surface area contributed by atoms with Gasteiger partial charge in [0.2, 0.25) is 5.91 Å². The zero-order valence-corrected chi connectivity index (χ0v) is 15.1. The van der Waals surface area contributed by atoms with Crippen molar-refractivity contribution >= 4 is 33.3 Å². The highest BCUT2D eigenvalue weighted by atomic mass is 79.9. The minimum atomic E-state index is -0.677. The molecule has 0 aliphatic heterocycles. The molecule has 0 aromatic heterocycles. The molecule has 2 aliphatic rings. The number of alkyl halides is 1. The summed E-state index contributed by atoms with van der Waals surface area (Å²) in [6.07, 6.45) is 1.53. The maximum absolute atomic E-state index is 13.1. The van der Waals surface area contributed by atoms with Gasteiger partial charge in [0.1, 0.15) is 0 Å². The molecule has 118 valence electrons. The Bertz CT molecular complexity index is 652. The van der Waals surface area contributed by atoms with Crippen LogP contribution in [0, 0.1) is 23.2 Å². The molecule has 3 nitrogen and oxygen atoms in total. The van der Waals surface area contributed by atoms with Crippen molar-refractivity contribution in [3.8, 4) is 0 Å². The summed E-state index contributed by atoms with van der Waals surface area (Å²) in [6, 6.07) is 7.77. The van der Waals surface area contributed by atoms with Gasteiger partial charge in [-0.2, -0.15) is 0 Å². The molecule has 0 unspecified atom stereocenters. The number of benzene rings is 1. The summed E-state index contributed by atoms with van der Waals surface area (Å²) < 4.78 is 0. The summed E-state index contributed by atoms with van der Waals surface area (Å²) in [5.74, 6) is 0.126. The molecule has 1 N–H and O–H groups in total. The van der Waals surface area contributed by atoms with E-state index in [1.54, 1.807) is 0 Å². The van der Waals surface area contributed by atoms with E-state index in [0.717, 1.165) is 24.1 Å². The monoisotopic (exact) mass is 363 g/mol. The van der Waals surface area contributed by atoms with Crippen LogP contribution in [0.3, 0.4) is 0 Å². The third-order valence-electron chi connectivity index (χ3n) is 6.44. The predicted octanol–water partition coefficient (Wildman–Crippen LogP) is 4.09. The van der Waals surface area contributed by atoms with Crippen LogP contribution in [0.5, 0.6) is 0 Å². The fourth-order valence-corrected chi connectivity index (χ4v) is 5.85. The Kier molecular flexibility index (Phi) is 3.34. The SMILES string of the molecule is Cc1ccc(NC(=O)[C@]23CC[C@@](C)(C(=O)[C@H]2Br)C3(C)C)cc1. The number of Topliss-reactive ketones (excluding diaryl/α,β-unsaturated/α-hetero) is 1. The number of hydrogen-bond acceptors (Lipinski definition) is 2. The van der Waals surface area contributed by atoms with Gasteiger partial charge in [0.25, 0.3) is 0 Å². The van der Waals surface area contributed by atoms with E-state index < -0.39 is 15.7 Å². The van der Waals surface area contributed by atoms with Crippen molar-refractivity contribution in [2.45, 2.75) is 45.4 Å². The van der Waals surface area contributed by atoms with Gasteiger partial charge in [-0.3, -0.25) is 9.59 Å². The first-order valence-corrected chi connectivity index (χ1v) is 8.65. The summed E-state index contributed by atoms with van der Waals surface area (Å²) in [7, 11) is 0. The fourth-order valence-electron chi connectivity index (χ4n) is 4.33. The first kappa shape index (κ1) is 15.7. The number of amides is 1. The molecule has 2 saturated carbocycles. The molecule has 1 aromatic rings. The molecule has 0 spiro atoms. The average molecular weight is 364 g/mol. The lowest BCUT2D eigenvalue weighted by Crippen LogP contribution is -2.47. The number of anilines is 1. The van der Waals surface area contributed by atoms with E-state index in [2.05, 4.69) is 35.1 Å². The van der Waals surface area contributed by atoms with Crippen molar-refractivity contribution in [2.24, 2.45) is 16.2 Å². The summed E-state index contributed by atoms with van der Waals surface area (Å²) in [4.78, 5) is 25.4. The summed E-state index contributed by atoms with van der Waals surface area (Å²) in [5, 5.41) is 3.03. The second kappa shape index (κ2) is 4.67. The smallest absolute Gasteiger partial charge is 0.232 e. The van der Waals surface area contributed by atoms with Gasteiger partial charge in [0.05, 0.1) is 10.2 Å². The van der Waals surface area contributed by atoms with Crippen LogP contribution in [-0.2, 0) is 9.59 Å². The number of aryl methyl sites for hydroxylation is 1. The Morgan fingerprint density at radius 2 is 1.77 bits per heavy atom. The van der Waals surface area contributed by atoms with E-state index >= 15 is 0 Å².